The highest BCUT2D eigenvalue weighted by Crippen LogP contribution is 2.11. The number of aliphatic hydroxyl groups is 1. The Balaban J connectivity index is 2.24. The summed E-state index contributed by atoms with van der Waals surface area (Å²) in [6, 6.07) is 5.18. The molecule has 0 saturated carbocycles. The van der Waals surface area contributed by atoms with Crippen molar-refractivity contribution in [3.05, 3.63) is 30.1 Å². The van der Waals surface area contributed by atoms with Gasteiger partial charge in [-0.3, -0.25) is 4.79 Å². The minimum Gasteiger partial charge on any atom is -0.491 e. The summed E-state index contributed by atoms with van der Waals surface area (Å²) >= 11 is 0. The summed E-state index contributed by atoms with van der Waals surface area (Å²) in [5, 5.41) is 15.3. The molecule has 0 radical (unpaired) electrons. The SMILES string of the molecule is CCNC(=O)C(C)NCC(O)COc1ccc(F)cc1. The van der Waals surface area contributed by atoms with Gasteiger partial charge in [-0.1, -0.05) is 0 Å². The van der Waals surface area contributed by atoms with E-state index in [0.29, 0.717) is 12.3 Å². The number of halogens is 1. The van der Waals surface area contributed by atoms with Crippen LogP contribution < -0.4 is 15.4 Å². The van der Waals surface area contributed by atoms with Gasteiger partial charge in [-0.25, -0.2) is 4.39 Å². The molecule has 5 nitrogen and oxygen atoms in total. The normalized spacial score (nSPS) is 13.6. The van der Waals surface area contributed by atoms with E-state index in [9.17, 15) is 14.3 Å². The van der Waals surface area contributed by atoms with Gasteiger partial charge in [-0.15, -0.1) is 0 Å². The fraction of sp³-hybridized carbons (Fsp3) is 0.500. The predicted octanol–water partition coefficient (Wildman–Crippen LogP) is 0.680. The van der Waals surface area contributed by atoms with Gasteiger partial charge < -0.3 is 20.5 Å². The van der Waals surface area contributed by atoms with Gasteiger partial charge in [-0.05, 0) is 38.1 Å². The van der Waals surface area contributed by atoms with Crippen molar-refractivity contribution in [2.24, 2.45) is 0 Å². The minimum absolute atomic E-state index is 0.0702. The largest absolute Gasteiger partial charge is 0.491 e. The van der Waals surface area contributed by atoms with E-state index in [-0.39, 0.29) is 30.9 Å². The molecule has 1 amide bonds. The van der Waals surface area contributed by atoms with Gasteiger partial charge in [-0.2, -0.15) is 0 Å². The molecule has 1 aromatic rings. The number of carbonyl (C=O) groups is 1. The van der Waals surface area contributed by atoms with E-state index in [1.54, 1.807) is 6.92 Å². The number of ether oxygens (including phenoxy) is 1. The summed E-state index contributed by atoms with van der Waals surface area (Å²) in [4.78, 5) is 11.4. The molecule has 1 aromatic carbocycles. The fourth-order valence-corrected chi connectivity index (χ4v) is 1.52. The Morgan fingerprint density at radius 1 is 1.40 bits per heavy atom. The second kappa shape index (κ2) is 8.50. The number of carbonyl (C=O) groups excluding carboxylic acids is 1. The van der Waals surface area contributed by atoms with Crippen molar-refractivity contribution in [3.8, 4) is 5.75 Å². The molecular weight excluding hydrogens is 263 g/mol. The van der Waals surface area contributed by atoms with Gasteiger partial charge in [0.2, 0.25) is 5.91 Å². The van der Waals surface area contributed by atoms with Crippen LogP contribution in [0.2, 0.25) is 0 Å². The number of likely N-dealkylation sites (N-methyl/N-ethyl adjacent to an activating group) is 1. The number of rotatable bonds is 8. The molecular formula is C14H21FN2O3. The number of hydrogen-bond acceptors (Lipinski definition) is 4. The highest BCUT2D eigenvalue weighted by Gasteiger charge is 2.13. The maximum atomic E-state index is 12.7. The lowest BCUT2D eigenvalue weighted by Gasteiger charge is -2.17. The van der Waals surface area contributed by atoms with Crippen LogP contribution >= 0.6 is 0 Å². The maximum Gasteiger partial charge on any atom is 0.236 e. The lowest BCUT2D eigenvalue weighted by atomic mass is 10.3. The Morgan fingerprint density at radius 3 is 2.65 bits per heavy atom. The molecule has 6 heteroatoms. The lowest BCUT2D eigenvalue weighted by Crippen LogP contribution is -2.45. The quantitative estimate of drug-likeness (QED) is 0.656. The van der Waals surface area contributed by atoms with Gasteiger partial charge in [0.25, 0.3) is 0 Å². The molecule has 112 valence electrons. The molecule has 3 N–H and O–H groups in total. The standard InChI is InChI=1S/C14H21FN2O3/c1-3-16-14(19)10(2)17-8-12(18)9-20-13-6-4-11(15)5-7-13/h4-7,10,12,17-18H,3,8-9H2,1-2H3,(H,16,19). The van der Waals surface area contributed by atoms with E-state index in [4.69, 9.17) is 4.74 Å². The summed E-state index contributed by atoms with van der Waals surface area (Å²) in [7, 11) is 0. The molecule has 0 fully saturated rings. The monoisotopic (exact) mass is 284 g/mol. The van der Waals surface area contributed by atoms with Gasteiger partial charge in [0.05, 0.1) is 6.04 Å². The minimum atomic E-state index is -0.753. The van der Waals surface area contributed by atoms with Gasteiger partial charge in [0.1, 0.15) is 24.3 Å². The Morgan fingerprint density at radius 2 is 2.05 bits per heavy atom. The van der Waals surface area contributed by atoms with E-state index >= 15 is 0 Å². The fourth-order valence-electron chi connectivity index (χ4n) is 1.52. The molecule has 0 heterocycles. The second-order valence-electron chi connectivity index (χ2n) is 4.44. The molecule has 0 aliphatic carbocycles. The smallest absolute Gasteiger partial charge is 0.236 e. The first-order valence-electron chi connectivity index (χ1n) is 6.60. The van der Waals surface area contributed by atoms with Crippen LogP contribution in [0.5, 0.6) is 5.75 Å². The first kappa shape index (κ1) is 16.4. The maximum absolute atomic E-state index is 12.7. The average Bonchev–Trinajstić information content (AvgIpc) is 2.44. The zero-order chi connectivity index (χ0) is 15.0. The van der Waals surface area contributed by atoms with Crippen molar-refractivity contribution in [3.63, 3.8) is 0 Å². The van der Waals surface area contributed by atoms with E-state index < -0.39 is 6.10 Å². The predicted molar refractivity (Wildman–Crippen MR) is 74.1 cm³/mol. The van der Waals surface area contributed by atoms with E-state index in [1.807, 2.05) is 6.92 Å². The summed E-state index contributed by atoms with van der Waals surface area (Å²) in [6.07, 6.45) is -0.753. The van der Waals surface area contributed by atoms with Crippen molar-refractivity contribution < 1.29 is 19.0 Å². The summed E-state index contributed by atoms with van der Waals surface area (Å²) in [5.74, 6) is 0.0386. The molecule has 0 spiro atoms. The van der Waals surface area contributed by atoms with Crippen LogP contribution in [0.25, 0.3) is 0 Å². The van der Waals surface area contributed by atoms with E-state index in [1.165, 1.54) is 24.3 Å². The molecule has 0 saturated heterocycles. The number of nitrogens with one attached hydrogen (secondary N) is 2. The molecule has 2 atom stereocenters. The zero-order valence-electron chi connectivity index (χ0n) is 11.7. The van der Waals surface area contributed by atoms with Gasteiger partial charge in [0.15, 0.2) is 0 Å². The molecule has 0 aromatic heterocycles. The Hall–Kier alpha value is -1.66. The van der Waals surface area contributed by atoms with Crippen LogP contribution in [0.15, 0.2) is 24.3 Å². The summed E-state index contributed by atoms with van der Waals surface area (Å²) < 4.78 is 18.0. The first-order chi connectivity index (χ1) is 9.52. The van der Waals surface area contributed by atoms with Crippen molar-refractivity contribution >= 4 is 5.91 Å². The second-order valence-corrected chi connectivity index (χ2v) is 4.44. The average molecular weight is 284 g/mol. The third-order valence-corrected chi connectivity index (χ3v) is 2.66. The number of benzene rings is 1. The van der Waals surface area contributed by atoms with E-state index in [0.717, 1.165) is 0 Å². The van der Waals surface area contributed by atoms with Crippen molar-refractivity contribution in [2.45, 2.75) is 26.0 Å². The highest BCUT2D eigenvalue weighted by molar-refractivity contribution is 5.81. The number of amides is 1. The third kappa shape index (κ3) is 5.99. The van der Waals surface area contributed by atoms with Crippen LogP contribution in [-0.4, -0.2) is 42.9 Å². The third-order valence-electron chi connectivity index (χ3n) is 2.66. The van der Waals surface area contributed by atoms with Crippen molar-refractivity contribution in [2.75, 3.05) is 19.7 Å². The topological polar surface area (TPSA) is 70.6 Å². The van der Waals surface area contributed by atoms with E-state index in [2.05, 4.69) is 10.6 Å². The van der Waals surface area contributed by atoms with Crippen LogP contribution in [-0.2, 0) is 4.79 Å². The van der Waals surface area contributed by atoms with Crippen molar-refractivity contribution in [1.29, 1.82) is 0 Å². The highest BCUT2D eigenvalue weighted by atomic mass is 19.1. The Labute approximate surface area is 118 Å². The van der Waals surface area contributed by atoms with Crippen LogP contribution in [0.4, 0.5) is 4.39 Å². The van der Waals surface area contributed by atoms with Crippen LogP contribution in [0.3, 0.4) is 0 Å². The Kier molecular flexibility index (Phi) is 6.97. The number of aliphatic hydroxyl groups excluding tert-OH is 1. The molecule has 0 aliphatic heterocycles. The molecule has 1 rings (SSSR count). The van der Waals surface area contributed by atoms with Gasteiger partial charge in [0, 0.05) is 13.1 Å². The van der Waals surface area contributed by atoms with Crippen LogP contribution in [0.1, 0.15) is 13.8 Å². The number of hydrogen-bond donors (Lipinski definition) is 3. The first-order valence-corrected chi connectivity index (χ1v) is 6.60. The summed E-state index contributed by atoms with van der Waals surface area (Å²) in [6.45, 7) is 4.44. The molecule has 20 heavy (non-hydrogen) atoms. The van der Waals surface area contributed by atoms with Crippen molar-refractivity contribution in [1.82, 2.24) is 10.6 Å². The van der Waals surface area contributed by atoms with Gasteiger partial charge >= 0.3 is 0 Å². The Bertz CT molecular complexity index is 411. The van der Waals surface area contributed by atoms with Crippen LogP contribution in [0, 0.1) is 5.82 Å². The molecule has 2 unspecified atom stereocenters. The molecule has 0 aliphatic rings. The lowest BCUT2D eigenvalue weighted by molar-refractivity contribution is -0.122. The summed E-state index contributed by atoms with van der Waals surface area (Å²) in [5.41, 5.74) is 0. The zero-order valence-corrected chi connectivity index (χ0v) is 11.7. The molecule has 0 bridgehead atoms.